The highest BCUT2D eigenvalue weighted by molar-refractivity contribution is 5.85. The van der Waals surface area contributed by atoms with E-state index in [0.29, 0.717) is 5.92 Å². The molecule has 0 unspecified atom stereocenters. The SMILES string of the molecule is COc1ccc([C@@H](N)CCC(C)C)cc1OC.Cl. The van der Waals surface area contributed by atoms with Crippen LogP contribution in [-0.4, -0.2) is 14.2 Å². The lowest BCUT2D eigenvalue weighted by Crippen LogP contribution is -2.11. The van der Waals surface area contributed by atoms with Gasteiger partial charge in [-0.2, -0.15) is 0 Å². The van der Waals surface area contributed by atoms with Crippen LogP contribution < -0.4 is 15.2 Å². The number of nitrogens with two attached hydrogens (primary N) is 1. The van der Waals surface area contributed by atoms with Crippen LogP contribution in [0.25, 0.3) is 0 Å². The van der Waals surface area contributed by atoms with E-state index in [9.17, 15) is 0 Å². The van der Waals surface area contributed by atoms with E-state index in [1.807, 2.05) is 18.2 Å². The van der Waals surface area contributed by atoms with Gasteiger partial charge in [-0.05, 0) is 36.5 Å². The predicted molar refractivity (Wildman–Crippen MR) is 77.8 cm³/mol. The van der Waals surface area contributed by atoms with Crippen LogP contribution in [0.15, 0.2) is 18.2 Å². The highest BCUT2D eigenvalue weighted by Gasteiger charge is 2.11. The molecule has 0 heterocycles. The molecule has 3 nitrogen and oxygen atoms in total. The molecule has 0 saturated heterocycles. The van der Waals surface area contributed by atoms with Gasteiger partial charge in [-0.25, -0.2) is 0 Å². The fourth-order valence-electron chi connectivity index (χ4n) is 1.76. The summed E-state index contributed by atoms with van der Waals surface area (Å²) in [7, 11) is 3.28. The van der Waals surface area contributed by atoms with Crippen molar-refractivity contribution in [3.05, 3.63) is 23.8 Å². The van der Waals surface area contributed by atoms with Gasteiger partial charge in [0.1, 0.15) is 0 Å². The van der Waals surface area contributed by atoms with Crippen molar-refractivity contribution < 1.29 is 9.47 Å². The quantitative estimate of drug-likeness (QED) is 0.862. The largest absolute Gasteiger partial charge is 0.493 e. The molecule has 0 aliphatic carbocycles. The summed E-state index contributed by atoms with van der Waals surface area (Å²) < 4.78 is 10.5. The first-order valence-electron chi connectivity index (χ1n) is 6.06. The maximum Gasteiger partial charge on any atom is 0.161 e. The summed E-state index contributed by atoms with van der Waals surface area (Å²) >= 11 is 0. The van der Waals surface area contributed by atoms with Crippen molar-refractivity contribution in [1.82, 2.24) is 0 Å². The molecule has 1 rings (SSSR count). The molecule has 0 aliphatic heterocycles. The summed E-state index contributed by atoms with van der Waals surface area (Å²) in [6.45, 7) is 4.42. The molecule has 1 aromatic carbocycles. The number of ether oxygens (including phenoxy) is 2. The van der Waals surface area contributed by atoms with Crippen molar-refractivity contribution in [2.75, 3.05) is 14.2 Å². The Labute approximate surface area is 116 Å². The summed E-state index contributed by atoms with van der Waals surface area (Å²) in [4.78, 5) is 0. The molecule has 0 amide bonds. The van der Waals surface area contributed by atoms with Gasteiger partial charge in [0.15, 0.2) is 11.5 Å². The smallest absolute Gasteiger partial charge is 0.161 e. The van der Waals surface area contributed by atoms with E-state index in [2.05, 4.69) is 13.8 Å². The van der Waals surface area contributed by atoms with Crippen LogP contribution in [0.5, 0.6) is 11.5 Å². The second kappa shape index (κ2) is 8.22. The maximum atomic E-state index is 6.16. The lowest BCUT2D eigenvalue weighted by molar-refractivity contribution is 0.354. The molecule has 0 bridgehead atoms. The molecule has 0 aliphatic rings. The van der Waals surface area contributed by atoms with Gasteiger partial charge in [-0.15, -0.1) is 12.4 Å². The van der Waals surface area contributed by atoms with E-state index in [1.165, 1.54) is 0 Å². The van der Waals surface area contributed by atoms with E-state index in [-0.39, 0.29) is 18.4 Å². The van der Waals surface area contributed by atoms with Crippen LogP contribution in [0.4, 0.5) is 0 Å². The lowest BCUT2D eigenvalue weighted by atomic mass is 9.98. The van der Waals surface area contributed by atoms with E-state index < -0.39 is 0 Å². The normalized spacial score (nSPS) is 11.9. The Morgan fingerprint density at radius 2 is 1.67 bits per heavy atom. The Hall–Kier alpha value is -0.930. The average Bonchev–Trinajstić information content (AvgIpc) is 2.34. The van der Waals surface area contributed by atoms with E-state index >= 15 is 0 Å². The van der Waals surface area contributed by atoms with Gasteiger partial charge in [0, 0.05) is 6.04 Å². The van der Waals surface area contributed by atoms with Crippen LogP contribution in [0.1, 0.15) is 38.3 Å². The Kier molecular flexibility index (Phi) is 7.80. The second-order valence-electron chi connectivity index (χ2n) is 4.69. The maximum absolute atomic E-state index is 6.16. The van der Waals surface area contributed by atoms with Gasteiger partial charge in [-0.1, -0.05) is 19.9 Å². The van der Waals surface area contributed by atoms with Crippen molar-refractivity contribution in [2.45, 2.75) is 32.7 Å². The summed E-state index contributed by atoms with van der Waals surface area (Å²) in [6.07, 6.45) is 2.13. The molecular weight excluding hydrogens is 250 g/mol. The van der Waals surface area contributed by atoms with Crippen molar-refractivity contribution in [2.24, 2.45) is 11.7 Å². The molecule has 0 radical (unpaired) electrons. The topological polar surface area (TPSA) is 44.5 Å². The molecule has 2 N–H and O–H groups in total. The molecule has 104 valence electrons. The number of benzene rings is 1. The van der Waals surface area contributed by atoms with Crippen LogP contribution in [0, 0.1) is 5.92 Å². The standard InChI is InChI=1S/C14H23NO2.ClH/c1-10(2)5-7-12(15)11-6-8-13(16-3)14(9-11)17-4;/h6,8-10,12H,5,7,15H2,1-4H3;1H/t12-;/m0./s1. The Balaban J connectivity index is 0.00000289. The van der Waals surface area contributed by atoms with Crippen molar-refractivity contribution in [1.29, 1.82) is 0 Å². The van der Waals surface area contributed by atoms with Crippen molar-refractivity contribution in [3.8, 4) is 11.5 Å². The van der Waals surface area contributed by atoms with Crippen LogP contribution in [-0.2, 0) is 0 Å². The Morgan fingerprint density at radius 3 is 2.17 bits per heavy atom. The molecular formula is C14H24ClNO2. The molecule has 0 aromatic heterocycles. The Bertz CT molecular complexity index is 356. The highest BCUT2D eigenvalue weighted by Crippen LogP contribution is 2.30. The van der Waals surface area contributed by atoms with Crippen LogP contribution >= 0.6 is 12.4 Å². The summed E-state index contributed by atoms with van der Waals surface area (Å²) in [5.41, 5.74) is 7.26. The monoisotopic (exact) mass is 273 g/mol. The summed E-state index contributed by atoms with van der Waals surface area (Å²) in [5.74, 6) is 2.17. The zero-order valence-electron chi connectivity index (χ0n) is 11.6. The summed E-state index contributed by atoms with van der Waals surface area (Å²) in [5, 5.41) is 0. The lowest BCUT2D eigenvalue weighted by Gasteiger charge is -2.15. The first kappa shape index (κ1) is 17.1. The average molecular weight is 274 g/mol. The summed E-state index contributed by atoms with van der Waals surface area (Å²) in [6, 6.07) is 5.94. The van der Waals surface area contributed by atoms with E-state index in [1.54, 1.807) is 14.2 Å². The fraction of sp³-hybridized carbons (Fsp3) is 0.571. The number of rotatable bonds is 6. The highest BCUT2D eigenvalue weighted by atomic mass is 35.5. The van der Waals surface area contributed by atoms with Crippen LogP contribution in [0.3, 0.4) is 0 Å². The first-order chi connectivity index (χ1) is 8.08. The molecule has 0 spiro atoms. The zero-order valence-corrected chi connectivity index (χ0v) is 12.4. The minimum Gasteiger partial charge on any atom is -0.493 e. The van der Waals surface area contributed by atoms with Crippen molar-refractivity contribution in [3.63, 3.8) is 0 Å². The minimum absolute atomic E-state index is 0. The minimum atomic E-state index is 0. The third kappa shape index (κ3) is 4.75. The van der Waals surface area contributed by atoms with Gasteiger partial charge in [0.2, 0.25) is 0 Å². The third-order valence-electron chi connectivity index (χ3n) is 2.89. The third-order valence-corrected chi connectivity index (χ3v) is 2.89. The van der Waals surface area contributed by atoms with Gasteiger partial charge in [0.25, 0.3) is 0 Å². The van der Waals surface area contributed by atoms with E-state index in [4.69, 9.17) is 15.2 Å². The Morgan fingerprint density at radius 1 is 1.06 bits per heavy atom. The van der Waals surface area contributed by atoms with Gasteiger partial charge in [-0.3, -0.25) is 0 Å². The number of hydrogen-bond donors (Lipinski definition) is 1. The molecule has 4 heteroatoms. The molecule has 1 atom stereocenters. The van der Waals surface area contributed by atoms with E-state index in [0.717, 1.165) is 29.9 Å². The molecule has 0 saturated carbocycles. The number of halogens is 1. The second-order valence-corrected chi connectivity index (χ2v) is 4.69. The van der Waals surface area contributed by atoms with Crippen LogP contribution in [0.2, 0.25) is 0 Å². The first-order valence-corrected chi connectivity index (χ1v) is 6.06. The van der Waals surface area contributed by atoms with Crippen molar-refractivity contribution >= 4 is 12.4 Å². The van der Waals surface area contributed by atoms with Gasteiger partial charge < -0.3 is 15.2 Å². The fourth-order valence-corrected chi connectivity index (χ4v) is 1.76. The molecule has 1 aromatic rings. The molecule has 0 fully saturated rings. The number of methoxy groups -OCH3 is 2. The zero-order chi connectivity index (χ0) is 12.8. The van der Waals surface area contributed by atoms with Gasteiger partial charge >= 0.3 is 0 Å². The number of hydrogen-bond acceptors (Lipinski definition) is 3. The predicted octanol–water partition coefficient (Wildman–Crippen LogP) is 3.56. The molecule has 18 heavy (non-hydrogen) atoms. The van der Waals surface area contributed by atoms with Gasteiger partial charge in [0.05, 0.1) is 14.2 Å².